The lowest BCUT2D eigenvalue weighted by molar-refractivity contribution is -0.184. The highest BCUT2D eigenvalue weighted by Crippen LogP contribution is 2.48. The van der Waals surface area contributed by atoms with E-state index in [1.807, 2.05) is 60.6 Å². The molecule has 2 aliphatic rings. The topological polar surface area (TPSA) is 40.8 Å². The van der Waals surface area contributed by atoms with E-state index in [1.54, 1.807) is 13.0 Å². The van der Waals surface area contributed by atoms with E-state index in [-0.39, 0.29) is 0 Å². The molecule has 0 spiro atoms. The zero-order chi connectivity index (χ0) is 21.2. The number of hydrogen-bond donors (Lipinski definition) is 1. The van der Waals surface area contributed by atoms with Gasteiger partial charge < -0.3 is 9.69 Å². The number of aryl methyl sites for hydroxylation is 2. The van der Waals surface area contributed by atoms with Gasteiger partial charge >= 0.3 is 7.40 Å². The summed E-state index contributed by atoms with van der Waals surface area (Å²) >= 11 is 0. The second-order valence-corrected chi connectivity index (χ2v) is 8.85. The van der Waals surface area contributed by atoms with Crippen molar-refractivity contribution in [1.82, 2.24) is 9.54 Å². The maximum Gasteiger partial charge on any atom is 0.677 e. The molecule has 0 aromatic carbocycles. The van der Waals surface area contributed by atoms with Gasteiger partial charge in [0.1, 0.15) is 0 Å². The molecule has 3 heterocycles. The predicted molar refractivity (Wildman–Crippen MR) is 111 cm³/mol. The summed E-state index contributed by atoms with van der Waals surface area (Å²) in [6.07, 6.45) is 3.92. The number of halogens is 2. The molecule has 3 rings (SSSR count). The van der Waals surface area contributed by atoms with Gasteiger partial charge in [-0.2, -0.15) is 5.06 Å². The number of allylic oxidation sites excluding steroid dienone is 2. The van der Waals surface area contributed by atoms with E-state index in [1.165, 1.54) is 5.06 Å². The quantitative estimate of drug-likeness (QED) is 0.725. The lowest BCUT2D eigenvalue weighted by Crippen LogP contribution is -2.48. The van der Waals surface area contributed by atoms with E-state index in [9.17, 15) is 13.8 Å². The molecular formula is C21H28BF2N3O. The number of aromatic nitrogens is 1. The molecule has 0 aliphatic carbocycles. The highest BCUT2D eigenvalue weighted by Gasteiger charge is 2.48. The van der Waals surface area contributed by atoms with Crippen LogP contribution in [0.15, 0.2) is 40.1 Å². The molecule has 2 aliphatic heterocycles. The zero-order valence-electron chi connectivity index (χ0n) is 17.9. The van der Waals surface area contributed by atoms with Crippen molar-refractivity contribution in [3.8, 4) is 0 Å². The van der Waals surface area contributed by atoms with Crippen LogP contribution >= 0.6 is 0 Å². The molecule has 1 aromatic rings. The average molecular weight is 387 g/mol. The van der Waals surface area contributed by atoms with Gasteiger partial charge in [-0.15, -0.1) is 0 Å². The first-order valence-electron chi connectivity index (χ1n) is 9.47. The monoisotopic (exact) mass is 387 g/mol. The fourth-order valence-electron chi connectivity index (χ4n) is 4.49. The summed E-state index contributed by atoms with van der Waals surface area (Å²) in [4.78, 5) is 4.68. The summed E-state index contributed by atoms with van der Waals surface area (Å²) in [7, 11) is -2.67. The third-order valence-corrected chi connectivity index (χ3v) is 5.68. The van der Waals surface area contributed by atoms with E-state index >= 15 is 0 Å². The van der Waals surface area contributed by atoms with Gasteiger partial charge in [0.25, 0.3) is 0 Å². The second kappa shape index (κ2) is 6.53. The first-order chi connectivity index (χ1) is 12.8. The summed E-state index contributed by atoms with van der Waals surface area (Å²) in [5.41, 5.74) is 4.22. The summed E-state index contributed by atoms with van der Waals surface area (Å²) in [5.74, 6) is 0. The van der Waals surface area contributed by atoms with Crippen LogP contribution in [0.2, 0.25) is 0 Å². The Morgan fingerprint density at radius 2 is 1.71 bits per heavy atom. The Morgan fingerprint density at radius 1 is 1.11 bits per heavy atom. The van der Waals surface area contributed by atoms with E-state index in [2.05, 4.69) is 4.99 Å². The second-order valence-electron chi connectivity index (χ2n) is 8.85. The van der Waals surface area contributed by atoms with Crippen molar-refractivity contribution in [2.24, 2.45) is 4.99 Å². The smallest absolute Gasteiger partial charge is 0.329 e. The van der Waals surface area contributed by atoms with E-state index in [0.29, 0.717) is 22.7 Å². The average Bonchev–Trinajstić information content (AvgIpc) is 3.09. The minimum absolute atomic E-state index is 0.458. The minimum Gasteiger partial charge on any atom is -0.329 e. The summed E-state index contributed by atoms with van der Waals surface area (Å²) < 4.78 is 29.2. The molecular weight excluding hydrogens is 359 g/mol. The first-order valence-corrected chi connectivity index (χ1v) is 9.47. The maximum absolute atomic E-state index is 14.0. The molecule has 0 unspecified atom stereocenters. The van der Waals surface area contributed by atoms with Gasteiger partial charge in [0, 0.05) is 22.7 Å². The van der Waals surface area contributed by atoms with Gasteiger partial charge in [-0.05, 0) is 84.2 Å². The third kappa shape index (κ3) is 3.01. The molecule has 0 bridgehead atoms. The molecule has 28 heavy (non-hydrogen) atoms. The van der Waals surface area contributed by atoms with Gasteiger partial charge in [0.05, 0.1) is 16.8 Å². The normalized spacial score (nSPS) is 22.9. The van der Waals surface area contributed by atoms with Gasteiger partial charge in [0.15, 0.2) is 0 Å². The number of nitrogens with zero attached hydrogens (tertiary/aromatic N) is 3. The maximum atomic E-state index is 14.0. The standard InChI is InChI=1S/C21H28BF2N3O/c1-12-9-14(3)25-18(12)17(16-11-20(5,6)27(28)21(16,7)8)19-13(2)10-15(4)26(19)22(23)24/h9-11,28H,1-8H3/b18-17-. The number of rotatable bonds is 3. The van der Waals surface area contributed by atoms with E-state index < -0.39 is 18.5 Å². The summed E-state index contributed by atoms with van der Waals surface area (Å²) in [6, 6.07) is 1.77. The lowest BCUT2D eigenvalue weighted by atomic mass is 9.84. The molecule has 7 heteroatoms. The molecule has 150 valence electrons. The van der Waals surface area contributed by atoms with Crippen LogP contribution < -0.4 is 0 Å². The molecule has 4 nitrogen and oxygen atoms in total. The fourth-order valence-corrected chi connectivity index (χ4v) is 4.49. The Hall–Kier alpha value is -1.99. The van der Waals surface area contributed by atoms with Crippen LogP contribution in [-0.4, -0.2) is 38.9 Å². The highest BCUT2D eigenvalue weighted by atomic mass is 19.2. The predicted octanol–water partition coefficient (Wildman–Crippen LogP) is 5.20. The summed E-state index contributed by atoms with van der Waals surface area (Å²) in [6.45, 7) is 15.0. The molecule has 0 atom stereocenters. The van der Waals surface area contributed by atoms with Crippen LogP contribution in [-0.2, 0) is 0 Å². The van der Waals surface area contributed by atoms with E-state index in [4.69, 9.17) is 0 Å². The Kier molecular flexibility index (Phi) is 4.83. The van der Waals surface area contributed by atoms with Crippen LogP contribution in [0, 0.1) is 13.8 Å². The lowest BCUT2D eigenvalue weighted by Gasteiger charge is -2.37. The Balaban J connectivity index is 2.43. The largest absolute Gasteiger partial charge is 0.677 e. The van der Waals surface area contributed by atoms with E-state index in [0.717, 1.165) is 26.9 Å². The first kappa shape index (κ1) is 20.7. The van der Waals surface area contributed by atoms with Crippen molar-refractivity contribution in [1.29, 1.82) is 0 Å². The van der Waals surface area contributed by atoms with Crippen molar-refractivity contribution < 1.29 is 13.8 Å². The fraction of sp³-hybridized carbons (Fsp3) is 0.476. The molecule has 0 fully saturated rings. The highest BCUT2D eigenvalue weighted by molar-refractivity contribution is 6.41. The van der Waals surface area contributed by atoms with Crippen LogP contribution in [0.4, 0.5) is 8.63 Å². The molecule has 1 aromatic heterocycles. The summed E-state index contributed by atoms with van der Waals surface area (Å²) in [5, 5.41) is 12.1. The third-order valence-electron chi connectivity index (χ3n) is 5.68. The Morgan fingerprint density at radius 3 is 2.14 bits per heavy atom. The molecule has 0 amide bonds. The Bertz CT molecular complexity index is 965. The number of aliphatic imine (C=N–C) groups is 1. The number of hydroxylamine groups is 2. The van der Waals surface area contributed by atoms with Crippen molar-refractivity contribution in [2.75, 3.05) is 0 Å². The van der Waals surface area contributed by atoms with Crippen molar-refractivity contribution in [3.63, 3.8) is 0 Å². The SMILES string of the molecule is CC1=CC(C)=N/C1=C(/C1=CC(C)(C)N(O)C1(C)C)c1c(C)cc(C)n1B(F)F. The van der Waals surface area contributed by atoms with Crippen molar-refractivity contribution in [3.05, 3.63) is 52.0 Å². The van der Waals surface area contributed by atoms with Crippen molar-refractivity contribution in [2.45, 2.75) is 66.5 Å². The minimum atomic E-state index is -2.67. The van der Waals surface area contributed by atoms with Crippen LogP contribution in [0.3, 0.4) is 0 Å². The molecule has 1 N–H and O–H groups in total. The van der Waals surface area contributed by atoms with Crippen LogP contribution in [0.1, 0.15) is 58.5 Å². The molecule has 0 saturated heterocycles. The number of hydrogen-bond acceptors (Lipinski definition) is 3. The van der Waals surface area contributed by atoms with Crippen molar-refractivity contribution >= 4 is 18.7 Å². The Labute approximate surface area is 166 Å². The zero-order valence-corrected chi connectivity index (χ0v) is 17.9. The van der Waals surface area contributed by atoms with Gasteiger partial charge in [0.2, 0.25) is 0 Å². The molecule has 0 saturated carbocycles. The van der Waals surface area contributed by atoms with Gasteiger partial charge in [-0.1, -0.05) is 6.08 Å². The van der Waals surface area contributed by atoms with Crippen LogP contribution in [0.5, 0.6) is 0 Å². The van der Waals surface area contributed by atoms with Gasteiger partial charge in [-0.3, -0.25) is 13.6 Å². The van der Waals surface area contributed by atoms with Gasteiger partial charge in [-0.25, -0.2) is 0 Å². The van der Waals surface area contributed by atoms with Crippen LogP contribution in [0.25, 0.3) is 5.57 Å². The molecule has 0 radical (unpaired) electrons.